The number of hydrogen-bond donors (Lipinski definition) is 1. The molecule has 2 rings (SSSR count). The maximum atomic E-state index is 6.18. The predicted molar refractivity (Wildman–Crippen MR) is 87.8 cm³/mol. The molecule has 1 heterocycles. The molecule has 0 saturated heterocycles. The molecule has 1 aliphatic rings. The normalized spacial score (nSPS) is 26.9. The second kappa shape index (κ2) is 6.61. The average molecular weight is 342 g/mol. The fourth-order valence-electron chi connectivity index (χ4n) is 3.73. The van der Waals surface area contributed by atoms with E-state index in [2.05, 4.69) is 41.4 Å². The number of nitrogens with zero attached hydrogens (tertiary/aromatic N) is 2. The Bertz CT molecular complexity index is 455. The molecule has 1 aliphatic carbocycles. The van der Waals surface area contributed by atoms with Gasteiger partial charge in [-0.05, 0) is 66.4 Å². The molecule has 0 aliphatic heterocycles. The maximum absolute atomic E-state index is 6.18. The first-order valence-corrected chi connectivity index (χ1v) is 8.78. The van der Waals surface area contributed by atoms with Crippen LogP contribution in [0.1, 0.15) is 57.8 Å². The highest BCUT2D eigenvalue weighted by atomic mass is 79.9. The molecular weight excluding hydrogens is 314 g/mol. The summed E-state index contributed by atoms with van der Waals surface area (Å²) >= 11 is 3.77. The van der Waals surface area contributed by atoms with Crippen LogP contribution in [0, 0.1) is 11.3 Å². The average Bonchev–Trinajstić information content (AvgIpc) is 2.75. The molecule has 1 saturated carbocycles. The molecule has 1 aromatic heterocycles. The number of rotatable bonds is 5. The van der Waals surface area contributed by atoms with Crippen LogP contribution in [0.5, 0.6) is 0 Å². The minimum atomic E-state index is 0.276. The summed E-state index contributed by atoms with van der Waals surface area (Å²) in [5.74, 6) is 0.801. The maximum Gasteiger partial charge on any atom is 0.0766 e. The van der Waals surface area contributed by atoms with Gasteiger partial charge in [0.25, 0.3) is 0 Å². The Hall–Kier alpha value is -0.350. The van der Waals surface area contributed by atoms with Gasteiger partial charge in [-0.15, -0.1) is 0 Å². The molecule has 3 nitrogen and oxygen atoms in total. The molecule has 0 aromatic carbocycles. The van der Waals surface area contributed by atoms with Crippen LogP contribution in [0.4, 0.5) is 0 Å². The Morgan fingerprint density at radius 2 is 2.20 bits per heavy atom. The van der Waals surface area contributed by atoms with Crippen molar-refractivity contribution in [1.29, 1.82) is 0 Å². The molecule has 0 radical (unpaired) electrons. The molecule has 4 heteroatoms. The minimum Gasteiger partial charge on any atom is -0.330 e. The molecule has 2 N–H and O–H groups in total. The third kappa shape index (κ3) is 3.11. The summed E-state index contributed by atoms with van der Waals surface area (Å²) in [6.07, 6.45) is 7.23. The van der Waals surface area contributed by atoms with Gasteiger partial charge in [0.2, 0.25) is 0 Å². The Morgan fingerprint density at radius 1 is 1.45 bits per heavy atom. The second-order valence-corrected chi connectivity index (χ2v) is 7.25. The quantitative estimate of drug-likeness (QED) is 0.881. The largest absolute Gasteiger partial charge is 0.330 e. The third-order valence-electron chi connectivity index (χ3n) is 4.86. The summed E-state index contributed by atoms with van der Waals surface area (Å²) in [7, 11) is 0. The SMILES string of the molecule is CCc1nn(CC)c(CC2(CN)CCCC(C)C2)c1Br. The highest BCUT2D eigenvalue weighted by molar-refractivity contribution is 9.10. The van der Waals surface area contributed by atoms with Crippen LogP contribution in [-0.4, -0.2) is 16.3 Å². The van der Waals surface area contributed by atoms with Crippen molar-refractivity contribution in [2.75, 3.05) is 6.54 Å². The zero-order valence-corrected chi connectivity index (χ0v) is 14.7. The van der Waals surface area contributed by atoms with Crippen molar-refractivity contribution in [3.8, 4) is 0 Å². The molecule has 0 bridgehead atoms. The van der Waals surface area contributed by atoms with Gasteiger partial charge in [0.05, 0.1) is 15.9 Å². The summed E-state index contributed by atoms with van der Waals surface area (Å²) in [5, 5.41) is 4.73. The van der Waals surface area contributed by atoms with Crippen molar-refractivity contribution in [2.24, 2.45) is 17.1 Å². The number of hydrogen-bond acceptors (Lipinski definition) is 2. The van der Waals surface area contributed by atoms with Crippen molar-refractivity contribution >= 4 is 15.9 Å². The van der Waals surface area contributed by atoms with Crippen molar-refractivity contribution < 1.29 is 0 Å². The minimum absolute atomic E-state index is 0.276. The van der Waals surface area contributed by atoms with E-state index >= 15 is 0 Å². The third-order valence-corrected chi connectivity index (χ3v) is 5.77. The Kier molecular flexibility index (Phi) is 5.30. The van der Waals surface area contributed by atoms with Crippen molar-refractivity contribution in [3.05, 3.63) is 15.9 Å². The van der Waals surface area contributed by atoms with Crippen LogP contribution in [0.15, 0.2) is 4.47 Å². The zero-order chi connectivity index (χ0) is 14.8. The van der Waals surface area contributed by atoms with Crippen LogP contribution in [0.25, 0.3) is 0 Å². The monoisotopic (exact) mass is 341 g/mol. The smallest absolute Gasteiger partial charge is 0.0766 e. The van der Waals surface area contributed by atoms with Crippen molar-refractivity contribution in [1.82, 2.24) is 9.78 Å². The van der Waals surface area contributed by atoms with Gasteiger partial charge < -0.3 is 5.73 Å². The molecule has 1 aromatic rings. The van der Waals surface area contributed by atoms with Gasteiger partial charge in [0.15, 0.2) is 0 Å². The molecular formula is C16H28BrN3. The van der Waals surface area contributed by atoms with Crippen LogP contribution in [-0.2, 0) is 19.4 Å². The number of aromatic nitrogens is 2. The van der Waals surface area contributed by atoms with E-state index in [1.165, 1.54) is 41.5 Å². The number of halogens is 1. The summed E-state index contributed by atoms with van der Waals surface area (Å²) < 4.78 is 3.38. The standard InChI is InChI=1S/C16H28BrN3/c1-4-13-15(17)14(20(5-2)19-13)10-16(11-18)8-6-7-12(3)9-16/h12H,4-11,18H2,1-3H3. The van der Waals surface area contributed by atoms with Gasteiger partial charge in [0, 0.05) is 6.54 Å². The van der Waals surface area contributed by atoms with Crippen molar-refractivity contribution in [2.45, 2.75) is 65.8 Å². The van der Waals surface area contributed by atoms with E-state index in [1.807, 2.05) is 0 Å². The Labute approximate surface area is 131 Å². The van der Waals surface area contributed by atoms with E-state index < -0.39 is 0 Å². The molecule has 0 spiro atoms. The summed E-state index contributed by atoms with van der Waals surface area (Å²) in [6.45, 7) is 8.43. The van der Waals surface area contributed by atoms with Crippen LogP contribution < -0.4 is 5.73 Å². The van der Waals surface area contributed by atoms with Gasteiger partial charge in [-0.1, -0.05) is 26.7 Å². The van der Waals surface area contributed by atoms with Gasteiger partial charge in [0.1, 0.15) is 0 Å². The molecule has 114 valence electrons. The van der Waals surface area contributed by atoms with E-state index in [9.17, 15) is 0 Å². The number of nitrogens with two attached hydrogens (primary N) is 1. The first-order valence-electron chi connectivity index (χ1n) is 7.99. The van der Waals surface area contributed by atoms with E-state index in [-0.39, 0.29) is 5.41 Å². The van der Waals surface area contributed by atoms with E-state index in [4.69, 9.17) is 10.8 Å². The molecule has 1 fully saturated rings. The molecule has 20 heavy (non-hydrogen) atoms. The van der Waals surface area contributed by atoms with E-state index in [1.54, 1.807) is 0 Å². The summed E-state index contributed by atoms with van der Waals surface area (Å²) in [4.78, 5) is 0. The second-order valence-electron chi connectivity index (χ2n) is 6.46. The zero-order valence-electron chi connectivity index (χ0n) is 13.1. The summed E-state index contributed by atoms with van der Waals surface area (Å²) in [6, 6.07) is 0. The lowest BCUT2D eigenvalue weighted by molar-refractivity contribution is 0.150. The first-order chi connectivity index (χ1) is 9.55. The van der Waals surface area contributed by atoms with Gasteiger partial charge >= 0.3 is 0 Å². The first kappa shape index (κ1) is 16.0. The lowest BCUT2D eigenvalue weighted by atomic mass is 9.67. The number of aryl methyl sites for hydroxylation is 2. The Morgan fingerprint density at radius 3 is 2.75 bits per heavy atom. The summed E-state index contributed by atoms with van der Waals surface area (Å²) in [5.41, 5.74) is 8.99. The van der Waals surface area contributed by atoms with Gasteiger partial charge in [-0.25, -0.2) is 0 Å². The molecule has 0 amide bonds. The van der Waals surface area contributed by atoms with E-state index in [0.29, 0.717) is 0 Å². The Balaban J connectivity index is 2.29. The van der Waals surface area contributed by atoms with Crippen LogP contribution in [0.3, 0.4) is 0 Å². The van der Waals surface area contributed by atoms with Gasteiger partial charge in [-0.3, -0.25) is 4.68 Å². The highest BCUT2D eigenvalue weighted by Gasteiger charge is 2.35. The van der Waals surface area contributed by atoms with Crippen LogP contribution in [0.2, 0.25) is 0 Å². The van der Waals surface area contributed by atoms with E-state index in [0.717, 1.165) is 31.8 Å². The topological polar surface area (TPSA) is 43.8 Å². The molecule has 2 atom stereocenters. The molecule has 2 unspecified atom stereocenters. The lowest BCUT2D eigenvalue weighted by Gasteiger charge is -2.39. The van der Waals surface area contributed by atoms with Gasteiger partial charge in [-0.2, -0.15) is 5.10 Å². The van der Waals surface area contributed by atoms with Crippen molar-refractivity contribution in [3.63, 3.8) is 0 Å². The highest BCUT2D eigenvalue weighted by Crippen LogP contribution is 2.42. The lowest BCUT2D eigenvalue weighted by Crippen LogP contribution is -2.38. The predicted octanol–water partition coefficient (Wildman–Crippen LogP) is 3.93. The fourth-order valence-corrected chi connectivity index (χ4v) is 4.43. The van der Waals surface area contributed by atoms with Crippen LogP contribution >= 0.6 is 15.9 Å². The fraction of sp³-hybridized carbons (Fsp3) is 0.812.